The zero-order chi connectivity index (χ0) is 14.6. The van der Waals surface area contributed by atoms with E-state index in [0.717, 1.165) is 5.56 Å². The molecule has 0 saturated carbocycles. The van der Waals surface area contributed by atoms with Crippen LogP contribution in [0.5, 0.6) is 5.75 Å². The van der Waals surface area contributed by atoms with Crippen LogP contribution < -0.4 is 9.88 Å². The van der Waals surface area contributed by atoms with Gasteiger partial charge in [-0.2, -0.15) is 0 Å². The Bertz CT molecular complexity index is 690. The van der Waals surface area contributed by atoms with Gasteiger partial charge in [0.25, 0.3) is 0 Å². The topological polar surface area (TPSA) is 82.3 Å². The van der Waals surface area contributed by atoms with Crippen LogP contribution in [0, 0.1) is 0 Å². The Kier molecular flexibility index (Phi) is 4.59. The standard InChI is InChI=1S/C13H13ClN2O3S/c14-12-9-11(20(15,17)18)1-2-13(12)19-8-5-10-3-6-16-7-4-10/h1-4,6-7,9H,5,8H2,(H2,15,17,18). The highest BCUT2D eigenvalue weighted by Crippen LogP contribution is 2.27. The number of primary sulfonamides is 1. The first-order valence-corrected chi connectivity index (χ1v) is 7.73. The maximum Gasteiger partial charge on any atom is 0.238 e. The lowest BCUT2D eigenvalue weighted by Crippen LogP contribution is -2.12. The van der Waals surface area contributed by atoms with Gasteiger partial charge in [-0.15, -0.1) is 0 Å². The number of nitrogens with two attached hydrogens (primary N) is 1. The first kappa shape index (κ1) is 14.8. The number of hydrogen-bond donors (Lipinski definition) is 1. The van der Waals surface area contributed by atoms with Gasteiger partial charge in [-0.1, -0.05) is 11.6 Å². The smallest absolute Gasteiger partial charge is 0.238 e. The Balaban J connectivity index is 2.00. The van der Waals surface area contributed by atoms with Crippen LogP contribution in [0.15, 0.2) is 47.6 Å². The van der Waals surface area contributed by atoms with E-state index in [2.05, 4.69) is 4.98 Å². The predicted octanol–water partition coefficient (Wildman–Crippen LogP) is 2.00. The molecule has 0 aliphatic heterocycles. The summed E-state index contributed by atoms with van der Waals surface area (Å²) in [6.45, 7) is 0.429. The molecule has 20 heavy (non-hydrogen) atoms. The van der Waals surface area contributed by atoms with E-state index >= 15 is 0 Å². The lowest BCUT2D eigenvalue weighted by molar-refractivity contribution is 0.322. The molecule has 0 atom stereocenters. The van der Waals surface area contributed by atoms with Crippen molar-refractivity contribution in [2.24, 2.45) is 5.14 Å². The number of benzene rings is 1. The minimum absolute atomic E-state index is 0.0380. The maximum atomic E-state index is 11.2. The van der Waals surface area contributed by atoms with Gasteiger partial charge in [0.1, 0.15) is 5.75 Å². The molecule has 0 fully saturated rings. The van der Waals surface area contributed by atoms with E-state index in [-0.39, 0.29) is 9.92 Å². The average molecular weight is 313 g/mol. The largest absolute Gasteiger partial charge is 0.492 e. The molecule has 0 bridgehead atoms. The zero-order valence-electron chi connectivity index (χ0n) is 10.5. The van der Waals surface area contributed by atoms with Gasteiger partial charge in [-0.3, -0.25) is 4.98 Å². The lowest BCUT2D eigenvalue weighted by Gasteiger charge is -2.09. The molecule has 2 N–H and O–H groups in total. The summed E-state index contributed by atoms with van der Waals surface area (Å²) < 4.78 is 27.9. The second kappa shape index (κ2) is 6.21. The number of ether oxygens (including phenoxy) is 1. The van der Waals surface area contributed by atoms with Gasteiger partial charge in [-0.05, 0) is 35.9 Å². The number of rotatable bonds is 5. The molecule has 2 rings (SSSR count). The third-order valence-corrected chi connectivity index (χ3v) is 3.84. The summed E-state index contributed by atoms with van der Waals surface area (Å²) in [4.78, 5) is 3.89. The van der Waals surface area contributed by atoms with Crippen molar-refractivity contribution in [3.63, 3.8) is 0 Å². The van der Waals surface area contributed by atoms with Gasteiger partial charge in [0.05, 0.1) is 16.5 Å². The van der Waals surface area contributed by atoms with Crippen molar-refractivity contribution in [1.82, 2.24) is 4.98 Å². The molecule has 1 aromatic heterocycles. The van der Waals surface area contributed by atoms with E-state index in [1.807, 2.05) is 12.1 Å². The van der Waals surface area contributed by atoms with Crippen LogP contribution in [0.25, 0.3) is 0 Å². The minimum atomic E-state index is -3.75. The molecule has 0 radical (unpaired) electrons. The minimum Gasteiger partial charge on any atom is -0.492 e. The fraction of sp³-hybridized carbons (Fsp3) is 0.154. The number of sulfonamides is 1. The molecule has 2 aromatic rings. The Morgan fingerprint density at radius 3 is 2.50 bits per heavy atom. The molecule has 7 heteroatoms. The SMILES string of the molecule is NS(=O)(=O)c1ccc(OCCc2ccncc2)c(Cl)c1. The van der Waals surface area contributed by atoms with Crippen LogP contribution in [0.3, 0.4) is 0 Å². The van der Waals surface area contributed by atoms with Gasteiger partial charge < -0.3 is 4.74 Å². The van der Waals surface area contributed by atoms with Crippen LogP contribution in [0.4, 0.5) is 0 Å². The number of nitrogens with zero attached hydrogens (tertiary/aromatic N) is 1. The normalized spacial score (nSPS) is 11.3. The van der Waals surface area contributed by atoms with Crippen LogP contribution in [0.1, 0.15) is 5.56 Å². The maximum absolute atomic E-state index is 11.2. The van der Waals surface area contributed by atoms with Crippen LogP contribution >= 0.6 is 11.6 Å². The monoisotopic (exact) mass is 312 g/mol. The van der Waals surface area contributed by atoms with Crippen molar-refractivity contribution in [3.05, 3.63) is 53.3 Å². The van der Waals surface area contributed by atoms with E-state index in [9.17, 15) is 8.42 Å². The highest BCUT2D eigenvalue weighted by molar-refractivity contribution is 7.89. The molecule has 1 heterocycles. The summed E-state index contributed by atoms with van der Waals surface area (Å²) in [5.74, 6) is 0.424. The van der Waals surface area contributed by atoms with E-state index < -0.39 is 10.0 Å². The van der Waals surface area contributed by atoms with E-state index in [0.29, 0.717) is 18.8 Å². The van der Waals surface area contributed by atoms with Gasteiger partial charge in [0.15, 0.2) is 0 Å². The molecule has 0 spiro atoms. The highest BCUT2D eigenvalue weighted by atomic mass is 35.5. The fourth-order valence-electron chi connectivity index (χ4n) is 1.60. The molecule has 106 valence electrons. The summed E-state index contributed by atoms with van der Waals surface area (Å²) in [5.41, 5.74) is 1.09. The van der Waals surface area contributed by atoms with Gasteiger partial charge in [0.2, 0.25) is 10.0 Å². The van der Waals surface area contributed by atoms with Crippen molar-refractivity contribution in [1.29, 1.82) is 0 Å². The molecule has 0 aliphatic rings. The van der Waals surface area contributed by atoms with Crippen molar-refractivity contribution >= 4 is 21.6 Å². The van der Waals surface area contributed by atoms with E-state index in [4.69, 9.17) is 21.5 Å². The second-order valence-corrected chi connectivity index (χ2v) is 6.06. The first-order valence-electron chi connectivity index (χ1n) is 5.81. The number of pyridine rings is 1. The third-order valence-electron chi connectivity index (χ3n) is 2.63. The lowest BCUT2D eigenvalue weighted by atomic mass is 10.2. The zero-order valence-corrected chi connectivity index (χ0v) is 12.1. The quantitative estimate of drug-likeness (QED) is 0.915. The van der Waals surface area contributed by atoms with Crippen molar-refractivity contribution in [2.45, 2.75) is 11.3 Å². The van der Waals surface area contributed by atoms with Crippen molar-refractivity contribution in [3.8, 4) is 5.75 Å². The Morgan fingerprint density at radius 2 is 1.90 bits per heavy atom. The fourth-order valence-corrected chi connectivity index (χ4v) is 2.44. The second-order valence-electron chi connectivity index (χ2n) is 4.09. The summed E-state index contributed by atoms with van der Waals surface area (Å²) in [6, 6.07) is 7.93. The van der Waals surface area contributed by atoms with Crippen molar-refractivity contribution in [2.75, 3.05) is 6.61 Å². The molecule has 1 aromatic carbocycles. The Labute approximate surface area is 122 Å². The molecule has 0 aliphatic carbocycles. The molecular formula is C13H13ClN2O3S. The summed E-state index contributed by atoms with van der Waals surface area (Å²) in [7, 11) is -3.75. The summed E-state index contributed by atoms with van der Waals surface area (Å²) in [6.07, 6.45) is 4.13. The summed E-state index contributed by atoms with van der Waals surface area (Å²) >= 11 is 5.96. The van der Waals surface area contributed by atoms with E-state index in [1.165, 1.54) is 18.2 Å². The molecule has 0 amide bonds. The highest BCUT2D eigenvalue weighted by Gasteiger charge is 2.11. The number of halogens is 1. The first-order chi connectivity index (χ1) is 9.47. The van der Waals surface area contributed by atoms with E-state index in [1.54, 1.807) is 12.4 Å². The summed E-state index contributed by atoms with van der Waals surface area (Å²) in [5, 5.41) is 5.23. The molecular weight excluding hydrogens is 300 g/mol. The Morgan fingerprint density at radius 1 is 1.20 bits per heavy atom. The Hall–Kier alpha value is -1.63. The molecule has 0 unspecified atom stereocenters. The average Bonchev–Trinajstić information content (AvgIpc) is 2.40. The predicted molar refractivity (Wildman–Crippen MR) is 76.3 cm³/mol. The van der Waals surface area contributed by atoms with Crippen LogP contribution in [-0.2, 0) is 16.4 Å². The van der Waals surface area contributed by atoms with Crippen LogP contribution in [-0.4, -0.2) is 20.0 Å². The number of aromatic nitrogens is 1. The van der Waals surface area contributed by atoms with Gasteiger partial charge in [-0.25, -0.2) is 13.6 Å². The molecule has 0 saturated heterocycles. The van der Waals surface area contributed by atoms with Gasteiger partial charge >= 0.3 is 0 Å². The molecule has 5 nitrogen and oxygen atoms in total. The van der Waals surface area contributed by atoms with Crippen LogP contribution in [0.2, 0.25) is 5.02 Å². The van der Waals surface area contributed by atoms with Gasteiger partial charge in [0, 0.05) is 18.8 Å². The number of hydrogen-bond acceptors (Lipinski definition) is 4. The third kappa shape index (κ3) is 3.93. The van der Waals surface area contributed by atoms with Crippen molar-refractivity contribution < 1.29 is 13.2 Å².